The number of carbonyl (C=O) groups excluding carboxylic acids is 3. The molecule has 0 saturated carbocycles. The van der Waals surface area contributed by atoms with Gasteiger partial charge in [-0.2, -0.15) is 0 Å². The number of ketones is 1. The summed E-state index contributed by atoms with van der Waals surface area (Å²) in [6.45, 7) is 2.35. The first-order valence-electron chi connectivity index (χ1n) is 11.3. The molecule has 1 heterocycles. The number of para-hydroxylation sites is 1. The predicted octanol–water partition coefficient (Wildman–Crippen LogP) is 4.51. The fraction of sp³-hybridized carbons (Fsp3) is 0.179. The molecule has 3 aromatic rings. The van der Waals surface area contributed by atoms with E-state index in [2.05, 4.69) is 0 Å². The van der Waals surface area contributed by atoms with Crippen LogP contribution in [-0.2, 0) is 14.3 Å². The molecule has 8 nitrogen and oxygen atoms in total. The summed E-state index contributed by atoms with van der Waals surface area (Å²) in [5.74, 6) is -1.44. The van der Waals surface area contributed by atoms with E-state index in [-0.39, 0.29) is 11.3 Å². The molecule has 0 aromatic heterocycles. The Hall–Kier alpha value is -4.59. The Morgan fingerprint density at radius 2 is 1.56 bits per heavy atom. The molecule has 4 rings (SSSR count). The summed E-state index contributed by atoms with van der Waals surface area (Å²) in [4.78, 5) is 39.8. The van der Waals surface area contributed by atoms with Crippen LogP contribution < -0.4 is 14.4 Å². The second-order valence-electron chi connectivity index (χ2n) is 7.91. The van der Waals surface area contributed by atoms with E-state index in [0.717, 1.165) is 0 Å². The summed E-state index contributed by atoms with van der Waals surface area (Å²) in [6, 6.07) is 18.7. The smallest absolute Gasteiger partial charge is 0.337 e. The largest absolute Gasteiger partial charge is 0.507 e. The Morgan fingerprint density at radius 1 is 0.917 bits per heavy atom. The lowest BCUT2D eigenvalue weighted by Gasteiger charge is -2.26. The lowest BCUT2D eigenvalue weighted by molar-refractivity contribution is -0.132. The van der Waals surface area contributed by atoms with Crippen molar-refractivity contribution in [2.75, 3.05) is 25.7 Å². The molecule has 0 aliphatic carbocycles. The van der Waals surface area contributed by atoms with E-state index in [9.17, 15) is 19.5 Å². The molecule has 1 aliphatic heterocycles. The van der Waals surface area contributed by atoms with E-state index in [4.69, 9.17) is 14.2 Å². The van der Waals surface area contributed by atoms with Crippen LogP contribution >= 0.6 is 0 Å². The Bertz CT molecular complexity index is 1330. The van der Waals surface area contributed by atoms with Crippen LogP contribution in [0, 0.1) is 0 Å². The average Bonchev–Trinajstić information content (AvgIpc) is 3.18. The van der Waals surface area contributed by atoms with Crippen LogP contribution in [0.2, 0.25) is 0 Å². The van der Waals surface area contributed by atoms with Gasteiger partial charge in [0.25, 0.3) is 11.7 Å². The molecule has 1 amide bonds. The summed E-state index contributed by atoms with van der Waals surface area (Å²) in [7, 11) is 2.76. The van der Waals surface area contributed by atoms with Crippen molar-refractivity contribution in [3.8, 4) is 11.5 Å². The zero-order valence-electron chi connectivity index (χ0n) is 20.1. The number of rotatable bonds is 7. The van der Waals surface area contributed by atoms with Gasteiger partial charge in [0, 0.05) is 16.8 Å². The molecule has 0 spiro atoms. The molecular weight excluding hydrogens is 462 g/mol. The van der Waals surface area contributed by atoms with Gasteiger partial charge in [-0.05, 0) is 61.5 Å². The van der Waals surface area contributed by atoms with Gasteiger partial charge in [-0.3, -0.25) is 14.5 Å². The van der Waals surface area contributed by atoms with Gasteiger partial charge in [-0.25, -0.2) is 4.79 Å². The van der Waals surface area contributed by atoms with Crippen molar-refractivity contribution in [3.05, 3.63) is 95.1 Å². The Morgan fingerprint density at radius 3 is 2.17 bits per heavy atom. The molecule has 1 aliphatic rings. The second kappa shape index (κ2) is 10.4. The molecule has 184 valence electrons. The Kier molecular flexibility index (Phi) is 7.05. The van der Waals surface area contributed by atoms with Crippen molar-refractivity contribution in [2.24, 2.45) is 0 Å². The summed E-state index contributed by atoms with van der Waals surface area (Å²) in [6.07, 6.45) is 0. The zero-order valence-corrected chi connectivity index (χ0v) is 20.1. The van der Waals surface area contributed by atoms with Crippen molar-refractivity contribution < 1.29 is 33.7 Å². The molecule has 1 N–H and O–H groups in total. The maximum atomic E-state index is 13.3. The monoisotopic (exact) mass is 487 g/mol. The minimum Gasteiger partial charge on any atom is -0.507 e. The number of ether oxygens (including phenoxy) is 3. The predicted molar refractivity (Wildman–Crippen MR) is 133 cm³/mol. The van der Waals surface area contributed by atoms with Crippen molar-refractivity contribution in [2.45, 2.75) is 13.0 Å². The highest BCUT2D eigenvalue weighted by molar-refractivity contribution is 6.51. The van der Waals surface area contributed by atoms with Crippen molar-refractivity contribution >= 4 is 29.1 Å². The first-order chi connectivity index (χ1) is 17.4. The van der Waals surface area contributed by atoms with Gasteiger partial charge in [0.1, 0.15) is 17.3 Å². The van der Waals surface area contributed by atoms with Gasteiger partial charge in [0.15, 0.2) is 0 Å². The topological polar surface area (TPSA) is 102 Å². The van der Waals surface area contributed by atoms with Gasteiger partial charge in [-0.15, -0.1) is 0 Å². The summed E-state index contributed by atoms with van der Waals surface area (Å²) >= 11 is 0. The van der Waals surface area contributed by atoms with Crippen LogP contribution in [0.3, 0.4) is 0 Å². The van der Waals surface area contributed by atoms with E-state index in [1.807, 2.05) is 6.92 Å². The highest BCUT2D eigenvalue weighted by Crippen LogP contribution is 2.44. The molecule has 1 atom stereocenters. The lowest BCUT2D eigenvalue weighted by Crippen LogP contribution is -2.29. The van der Waals surface area contributed by atoms with Gasteiger partial charge in [0.05, 0.1) is 38.0 Å². The van der Waals surface area contributed by atoms with Crippen LogP contribution in [0.4, 0.5) is 5.69 Å². The Balaban J connectivity index is 1.89. The van der Waals surface area contributed by atoms with E-state index in [0.29, 0.717) is 40.5 Å². The van der Waals surface area contributed by atoms with Crippen LogP contribution in [0.5, 0.6) is 11.5 Å². The quantitative estimate of drug-likeness (QED) is 0.226. The SMILES string of the molecule is CCOc1ccc(/C(O)=C2\C(=O)C(=O)N(c3ccc(C(=O)OC)cc3)C2c2ccccc2OC)cc1. The van der Waals surface area contributed by atoms with E-state index >= 15 is 0 Å². The molecule has 1 saturated heterocycles. The molecule has 0 bridgehead atoms. The highest BCUT2D eigenvalue weighted by atomic mass is 16.5. The minimum absolute atomic E-state index is 0.0781. The van der Waals surface area contributed by atoms with Crippen LogP contribution in [0.15, 0.2) is 78.4 Å². The standard InChI is InChI=1S/C28H25NO7/c1-4-36-20-15-11-17(12-16-20)25(30)23-24(21-7-5-6-8-22(21)34-2)29(27(32)26(23)31)19-13-9-18(10-14-19)28(33)35-3/h5-16,24,30H,4H2,1-3H3/b25-23+. The molecule has 1 unspecified atom stereocenters. The van der Waals surface area contributed by atoms with Gasteiger partial charge < -0.3 is 19.3 Å². The number of aliphatic hydroxyl groups is 1. The number of methoxy groups -OCH3 is 2. The molecule has 36 heavy (non-hydrogen) atoms. The normalized spacial score (nSPS) is 16.6. The maximum Gasteiger partial charge on any atom is 0.337 e. The first kappa shape index (κ1) is 24.5. The van der Waals surface area contributed by atoms with Crippen LogP contribution in [0.1, 0.15) is 34.5 Å². The molecule has 0 radical (unpaired) electrons. The summed E-state index contributed by atoms with van der Waals surface area (Å²) in [5.41, 5.74) is 1.46. The van der Waals surface area contributed by atoms with Gasteiger partial charge >= 0.3 is 5.97 Å². The number of carbonyl (C=O) groups is 3. The van der Waals surface area contributed by atoms with Gasteiger partial charge in [-0.1, -0.05) is 18.2 Å². The molecular formula is C28H25NO7. The Labute approximate surface area is 208 Å². The van der Waals surface area contributed by atoms with Gasteiger partial charge in [0.2, 0.25) is 0 Å². The summed E-state index contributed by atoms with van der Waals surface area (Å²) in [5, 5.41) is 11.3. The number of aliphatic hydroxyl groups excluding tert-OH is 1. The van der Waals surface area contributed by atoms with E-state index in [1.54, 1.807) is 60.7 Å². The minimum atomic E-state index is -0.975. The summed E-state index contributed by atoms with van der Waals surface area (Å²) < 4.78 is 15.7. The molecule has 8 heteroatoms. The van der Waals surface area contributed by atoms with Crippen molar-refractivity contribution in [1.29, 1.82) is 0 Å². The van der Waals surface area contributed by atoms with E-state index < -0.39 is 23.7 Å². The zero-order chi connectivity index (χ0) is 25.8. The number of nitrogens with zero attached hydrogens (tertiary/aromatic N) is 1. The fourth-order valence-electron chi connectivity index (χ4n) is 4.19. The molecule has 3 aromatic carbocycles. The van der Waals surface area contributed by atoms with Crippen LogP contribution in [-0.4, -0.2) is 43.6 Å². The van der Waals surface area contributed by atoms with E-state index in [1.165, 1.54) is 31.3 Å². The highest BCUT2D eigenvalue weighted by Gasteiger charge is 2.47. The average molecular weight is 488 g/mol. The third-order valence-electron chi connectivity index (χ3n) is 5.88. The number of benzene rings is 3. The van der Waals surface area contributed by atoms with Crippen molar-refractivity contribution in [1.82, 2.24) is 0 Å². The molecule has 1 fully saturated rings. The third kappa shape index (κ3) is 4.40. The van der Waals surface area contributed by atoms with Crippen molar-refractivity contribution in [3.63, 3.8) is 0 Å². The number of amides is 1. The number of esters is 1. The number of Topliss-reactive ketones (excluding diaryl/α,β-unsaturated/α-hetero) is 1. The number of anilines is 1. The lowest BCUT2D eigenvalue weighted by atomic mass is 9.94. The first-order valence-corrected chi connectivity index (χ1v) is 11.3. The third-order valence-corrected chi connectivity index (χ3v) is 5.88. The van der Waals surface area contributed by atoms with Crippen LogP contribution in [0.25, 0.3) is 5.76 Å². The number of hydrogen-bond donors (Lipinski definition) is 1. The number of hydrogen-bond acceptors (Lipinski definition) is 7. The maximum absolute atomic E-state index is 13.3. The second-order valence-corrected chi connectivity index (χ2v) is 7.91. The fourth-order valence-corrected chi connectivity index (χ4v) is 4.19.